The summed E-state index contributed by atoms with van der Waals surface area (Å²) in [5.41, 5.74) is 0.871. The summed E-state index contributed by atoms with van der Waals surface area (Å²) in [7, 11) is -3.78. The van der Waals surface area contributed by atoms with E-state index in [1.807, 2.05) is 12.1 Å². The molecule has 1 aliphatic carbocycles. The van der Waals surface area contributed by atoms with Crippen LogP contribution >= 0.6 is 0 Å². The van der Waals surface area contributed by atoms with Gasteiger partial charge in [-0.15, -0.1) is 0 Å². The summed E-state index contributed by atoms with van der Waals surface area (Å²) in [5.74, 6) is -1.99. The number of alkyl carbamates (subject to hydrolysis) is 1. The SMILES string of the molecule is CCOC(=O)C1=CC2(CCC1S(=O)(=O)Cc1ccccc1CCNC(=O)OC(C)(C)C)OCCO2. The molecule has 0 saturated carbocycles. The zero-order valence-electron chi connectivity index (χ0n) is 20.8. The van der Waals surface area contributed by atoms with Gasteiger partial charge in [0.15, 0.2) is 15.6 Å². The highest BCUT2D eigenvalue weighted by molar-refractivity contribution is 7.91. The predicted octanol–water partition coefficient (Wildman–Crippen LogP) is 3.06. The van der Waals surface area contributed by atoms with E-state index in [-0.39, 0.29) is 24.4 Å². The maximum Gasteiger partial charge on any atom is 0.407 e. The van der Waals surface area contributed by atoms with Crippen molar-refractivity contribution in [2.45, 2.75) is 69.3 Å². The second-order valence-corrected chi connectivity index (χ2v) is 11.8. The van der Waals surface area contributed by atoms with Crippen molar-refractivity contribution in [2.75, 3.05) is 26.4 Å². The van der Waals surface area contributed by atoms with Gasteiger partial charge in [-0.05, 0) is 57.7 Å². The van der Waals surface area contributed by atoms with Crippen LogP contribution in [0.3, 0.4) is 0 Å². The van der Waals surface area contributed by atoms with Crippen LogP contribution in [0, 0.1) is 0 Å². The van der Waals surface area contributed by atoms with Gasteiger partial charge >= 0.3 is 12.1 Å². The number of sulfone groups is 1. The number of hydrogen-bond donors (Lipinski definition) is 1. The number of nitrogens with one attached hydrogen (secondary N) is 1. The Kier molecular flexibility index (Phi) is 8.61. The Balaban J connectivity index is 1.76. The lowest BCUT2D eigenvalue weighted by molar-refractivity contribution is -0.143. The summed E-state index contributed by atoms with van der Waals surface area (Å²) in [4.78, 5) is 24.6. The molecule has 9 nitrogen and oxygen atoms in total. The first-order valence-corrected chi connectivity index (χ1v) is 13.6. The topological polar surface area (TPSA) is 117 Å². The minimum absolute atomic E-state index is 0.0593. The van der Waals surface area contributed by atoms with Crippen LogP contribution in [0.1, 0.15) is 51.7 Å². The molecule has 194 valence electrons. The molecule has 2 aliphatic rings. The lowest BCUT2D eigenvalue weighted by Crippen LogP contribution is -2.41. The highest BCUT2D eigenvalue weighted by atomic mass is 32.2. The summed E-state index contributed by atoms with van der Waals surface area (Å²) in [6.45, 7) is 8.21. The fraction of sp³-hybridized carbons (Fsp3) is 0.600. The van der Waals surface area contributed by atoms with Gasteiger partial charge in [0.25, 0.3) is 0 Å². The number of esters is 1. The molecular formula is C25H35NO8S. The smallest absolute Gasteiger partial charge is 0.407 e. The van der Waals surface area contributed by atoms with Gasteiger partial charge in [0, 0.05) is 13.0 Å². The van der Waals surface area contributed by atoms with Crippen molar-refractivity contribution in [1.29, 1.82) is 0 Å². The highest BCUT2D eigenvalue weighted by Gasteiger charge is 2.46. The van der Waals surface area contributed by atoms with Gasteiger partial charge in [-0.2, -0.15) is 0 Å². The number of benzene rings is 1. The molecule has 0 aromatic heterocycles. The van der Waals surface area contributed by atoms with Gasteiger partial charge in [0.2, 0.25) is 0 Å². The molecule has 1 saturated heterocycles. The lowest BCUT2D eigenvalue weighted by atomic mass is 9.94. The molecule has 1 N–H and O–H groups in total. The quantitative estimate of drug-likeness (QED) is 0.532. The molecule has 0 radical (unpaired) electrons. The molecule has 35 heavy (non-hydrogen) atoms. The zero-order chi connectivity index (χ0) is 25.7. The van der Waals surface area contributed by atoms with Crippen molar-refractivity contribution < 1.29 is 37.0 Å². The van der Waals surface area contributed by atoms with Crippen LogP contribution in [0.15, 0.2) is 35.9 Å². The van der Waals surface area contributed by atoms with E-state index in [9.17, 15) is 18.0 Å². The van der Waals surface area contributed by atoms with Crippen molar-refractivity contribution in [2.24, 2.45) is 0 Å². The molecular weight excluding hydrogens is 474 g/mol. The predicted molar refractivity (Wildman–Crippen MR) is 129 cm³/mol. The normalized spacial score (nSPS) is 19.8. The van der Waals surface area contributed by atoms with Crippen LogP contribution in [0.2, 0.25) is 0 Å². The molecule has 3 rings (SSSR count). The maximum absolute atomic E-state index is 13.5. The molecule has 1 spiro atoms. The Morgan fingerprint density at radius 3 is 2.43 bits per heavy atom. The number of carbonyl (C=O) groups excluding carboxylic acids is 2. The zero-order valence-corrected chi connectivity index (χ0v) is 21.6. The standard InChI is InChI=1S/C25H35NO8S/c1-5-31-22(27)20-16-25(32-14-15-33-25)12-10-21(20)35(29,30)17-19-9-7-6-8-18(19)11-13-26-23(28)34-24(2,3)4/h6-9,16,21H,5,10-15,17H2,1-4H3,(H,26,28). The van der Waals surface area contributed by atoms with E-state index in [0.29, 0.717) is 38.2 Å². The maximum atomic E-state index is 13.5. The van der Waals surface area contributed by atoms with E-state index in [4.69, 9.17) is 18.9 Å². The van der Waals surface area contributed by atoms with E-state index in [1.165, 1.54) is 6.08 Å². The Hall–Kier alpha value is -2.43. The van der Waals surface area contributed by atoms with Gasteiger partial charge in [0.05, 0.1) is 36.4 Å². The van der Waals surface area contributed by atoms with Gasteiger partial charge in [-0.1, -0.05) is 24.3 Å². The first kappa shape index (κ1) is 27.2. The van der Waals surface area contributed by atoms with Gasteiger partial charge in [-0.3, -0.25) is 0 Å². The third-order valence-corrected chi connectivity index (χ3v) is 7.81. The Labute approximate surface area is 207 Å². The van der Waals surface area contributed by atoms with E-state index < -0.39 is 38.5 Å². The van der Waals surface area contributed by atoms with Crippen LogP contribution in [0.5, 0.6) is 0 Å². The molecule has 10 heteroatoms. The summed E-state index contributed by atoms with van der Waals surface area (Å²) in [5, 5.41) is 1.68. The largest absolute Gasteiger partial charge is 0.463 e. The molecule has 1 amide bonds. The number of amides is 1. The van der Waals surface area contributed by atoms with Gasteiger partial charge < -0.3 is 24.3 Å². The van der Waals surface area contributed by atoms with E-state index >= 15 is 0 Å². The number of carbonyl (C=O) groups is 2. The molecule has 1 aromatic rings. The van der Waals surface area contributed by atoms with Crippen LogP contribution in [-0.2, 0) is 45.8 Å². The molecule has 1 unspecified atom stereocenters. The van der Waals surface area contributed by atoms with Crippen molar-refractivity contribution in [3.63, 3.8) is 0 Å². The fourth-order valence-electron chi connectivity index (χ4n) is 4.24. The summed E-state index contributed by atoms with van der Waals surface area (Å²) < 4.78 is 48.9. The van der Waals surface area contributed by atoms with Crippen molar-refractivity contribution in [1.82, 2.24) is 5.32 Å². The molecule has 1 fully saturated rings. The van der Waals surface area contributed by atoms with E-state index in [0.717, 1.165) is 5.56 Å². The van der Waals surface area contributed by atoms with Crippen LogP contribution in [0.25, 0.3) is 0 Å². The van der Waals surface area contributed by atoms with Gasteiger partial charge in [0.1, 0.15) is 5.60 Å². The number of hydrogen-bond acceptors (Lipinski definition) is 8. The fourth-order valence-corrected chi connectivity index (χ4v) is 6.18. The number of rotatable bonds is 8. The average Bonchev–Trinajstić information content (AvgIpc) is 3.21. The third-order valence-electron chi connectivity index (χ3n) is 5.74. The Morgan fingerprint density at radius 1 is 1.14 bits per heavy atom. The summed E-state index contributed by atoms with van der Waals surface area (Å²) >= 11 is 0. The monoisotopic (exact) mass is 509 g/mol. The molecule has 1 heterocycles. The summed E-state index contributed by atoms with van der Waals surface area (Å²) in [6, 6.07) is 7.18. The van der Waals surface area contributed by atoms with Crippen molar-refractivity contribution >= 4 is 21.9 Å². The van der Waals surface area contributed by atoms with Crippen LogP contribution in [-0.4, -0.2) is 63.5 Å². The first-order chi connectivity index (χ1) is 16.4. The Bertz CT molecular complexity index is 1050. The van der Waals surface area contributed by atoms with Gasteiger partial charge in [-0.25, -0.2) is 18.0 Å². The molecule has 0 bridgehead atoms. The van der Waals surface area contributed by atoms with E-state index in [1.54, 1.807) is 39.8 Å². The summed E-state index contributed by atoms with van der Waals surface area (Å²) in [6.07, 6.45) is 1.91. The molecule has 1 aromatic carbocycles. The number of ether oxygens (including phenoxy) is 4. The second kappa shape index (κ2) is 11.1. The van der Waals surface area contributed by atoms with Crippen molar-refractivity contribution in [3.05, 3.63) is 47.0 Å². The van der Waals surface area contributed by atoms with Crippen LogP contribution in [0.4, 0.5) is 4.79 Å². The highest BCUT2D eigenvalue weighted by Crippen LogP contribution is 2.38. The van der Waals surface area contributed by atoms with Crippen molar-refractivity contribution in [3.8, 4) is 0 Å². The Morgan fingerprint density at radius 2 is 1.80 bits per heavy atom. The second-order valence-electron chi connectivity index (χ2n) is 9.61. The lowest BCUT2D eigenvalue weighted by Gasteiger charge is -2.33. The average molecular weight is 510 g/mol. The van der Waals surface area contributed by atoms with Crippen LogP contribution < -0.4 is 5.32 Å². The first-order valence-electron chi connectivity index (χ1n) is 11.9. The molecule has 1 aliphatic heterocycles. The third kappa shape index (κ3) is 7.28. The minimum Gasteiger partial charge on any atom is -0.463 e. The minimum atomic E-state index is -3.78. The molecule has 1 atom stereocenters. The van der Waals surface area contributed by atoms with E-state index in [2.05, 4.69) is 5.32 Å².